The average Bonchev–Trinajstić information content (AvgIpc) is 2.75. The molecule has 0 radical (unpaired) electrons. The van der Waals surface area contributed by atoms with E-state index in [0.717, 1.165) is 57.3 Å². The minimum absolute atomic E-state index is 0.0506. The highest BCUT2D eigenvalue weighted by Crippen LogP contribution is 2.34. The third-order valence-electron chi connectivity index (χ3n) is 6.70. The van der Waals surface area contributed by atoms with E-state index < -0.39 is 5.83 Å². The number of nitrogens with zero attached hydrogens (tertiary/aromatic N) is 1. The number of nitriles is 1. The van der Waals surface area contributed by atoms with E-state index in [9.17, 15) is 9.18 Å². The van der Waals surface area contributed by atoms with Crippen LogP contribution >= 0.6 is 0 Å². The van der Waals surface area contributed by atoms with Crippen molar-refractivity contribution in [1.29, 1.82) is 5.26 Å². The minimum Gasteiger partial charge on any atom is -0.462 e. The Morgan fingerprint density at radius 1 is 1.03 bits per heavy atom. The molecule has 3 nitrogen and oxygen atoms in total. The summed E-state index contributed by atoms with van der Waals surface area (Å²) < 4.78 is 18.5. The second-order valence-corrected chi connectivity index (χ2v) is 8.92. The van der Waals surface area contributed by atoms with Gasteiger partial charge in [-0.3, -0.25) is 4.79 Å². The summed E-state index contributed by atoms with van der Waals surface area (Å²) in [7, 11) is 0. The lowest BCUT2D eigenvalue weighted by atomic mass is 9.79. The molecule has 2 aliphatic rings. The Morgan fingerprint density at radius 2 is 1.69 bits per heavy atom. The molecule has 29 heavy (non-hydrogen) atoms. The van der Waals surface area contributed by atoms with Crippen molar-refractivity contribution in [2.24, 2.45) is 17.8 Å². The average molecular weight is 404 g/mol. The maximum atomic E-state index is 12.7. The molecule has 2 fully saturated rings. The van der Waals surface area contributed by atoms with Gasteiger partial charge in [-0.1, -0.05) is 44.8 Å². The summed E-state index contributed by atoms with van der Waals surface area (Å²) in [6.07, 6.45) is 20.6. The number of hydrogen-bond donors (Lipinski definition) is 0. The zero-order chi connectivity index (χ0) is 20.9. The molecular weight excluding hydrogens is 365 g/mol. The summed E-state index contributed by atoms with van der Waals surface area (Å²) >= 11 is 0. The first kappa shape index (κ1) is 23.6. The van der Waals surface area contributed by atoms with Gasteiger partial charge < -0.3 is 4.74 Å². The Kier molecular flexibility index (Phi) is 11.1. The molecule has 0 saturated heterocycles. The Hall–Kier alpha value is -1.63. The van der Waals surface area contributed by atoms with E-state index in [0.29, 0.717) is 5.92 Å². The van der Waals surface area contributed by atoms with Crippen molar-refractivity contribution in [2.45, 2.75) is 103 Å². The molecule has 0 aromatic carbocycles. The van der Waals surface area contributed by atoms with E-state index in [1.165, 1.54) is 50.7 Å². The largest absolute Gasteiger partial charge is 0.462 e. The highest BCUT2D eigenvalue weighted by atomic mass is 19.1. The van der Waals surface area contributed by atoms with Crippen LogP contribution in [-0.4, -0.2) is 12.1 Å². The van der Waals surface area contributed by atoms with Crippen molar-refractivity contribution in [1.82, 2.24) is 0 Å². The molecule has 0 N–H and O–H groups in total. The number of allylic oxidation sites excluding steroid dienone is 4. The number of ether oxygens (including phenoxy) is 1. The van der Waals surface area contributed by atoms with Crippen LogP contribution in [0.3, 0.4) is 0 Å². The van der Waals surface area contributed by atoms with Crippen LogP contribution in [0.4, 0.5) is 4.39 Å². The Labute approximate surface area is 176 Å². The van der Waals surface area contributed by atoms with Gasteiger partial charge in [0.25, 0.3) is 0 Å². The number of carbonyl (C=O) groups excluding carboxylic acids is 1. The number of unbranched alkanes of at least 4 members (excludes halogenated alkanes) is 2. The van der Waals surface area contributed by atoms with Crippen molar-refractivity contribution in [3.8, 4) is 6.07 Å². The number of esters is 1. The molecule has 2 saturated carbocycles. The molecule has 0 bridgehead atoms. The van der Waals surface area contributed by atoms with Gasteiger partial charge in [-0.2, -0.15) is 9.65 Å². The van der Waals surface area contributed by atoms with E-state index in [1.807, 2.05) is 6.08 Å². The van der Waals surface area contributed by atoms with Gasteiger partial charge in [0.05, 0.1) is 5.92 Å². The fourth-order valence-corrected chi connectivity index (χ4v) is 4.79. The van der Waals surface area contributed by atoms with Gasteiger partial charge in [-0.05, 0) is 82.1 Å². The van der Waals surface area contributed by atoms with E-state index in [1.54, 1.807) is 6.08 Å². The van der Waals surface area contributed by atoms with Crippen molar-refractivity contribution in [2.75, 3.05) is 0 Å². The minimum atomic E-state index is -0.756. The SMILES string of the molecule is CCCCC[C@H]1CC[C@H](C(=O)OC2CCC(CC/C=C/C=C(F)C#N)CC2)CC1. The van der Waals surface area contributed by atoms with Gasteiger partial charge in [-0.25, -0.2) is 0 Å². The van der Waals surface area contributed by atoms with Gasteiger partial charge in [0.15, 0.2) is 5.83 Å². The van der Waals surface area contributed by atoms with Gasteiger partial charge >= 0.3 is 5.97 Å². The van der Waals surface area contributed by atoms with Crippen LogP contribution in [0, 0.1) is 29.1 Å². The second-order valence-electron chi connectivity index (χ2n) is 8.92. The predicted molar refractivity (Wildman–Crippen MR) is 115 cm³/mol. The quantitative estimate of drug-likeness (QED) is 0.168. The number of halogens is 1. The Morgan fingerprint density at radius 3 is 2.34 bits per heavy atom. The third kappa shape index (κ3) is 9.15. The van der Waals surface area contributed by atoms with E-state index >= 15 is 0 Å². The van der Waals surface area contributed by atoms with Crippen molar-refractivity contribution in [3.05, 3.63) is 24.1 Å². The molecule has 162 valence electrons. The Bertz CT molecular complexity index is 576. The fourth-order valence-electron chi connectivity index (χ4n) is 4.79. The van der Waals surface area contributed by atoms with Crippen molar-refractivity contribution >= 4 is 5.97 Å². The van der Waals surface area contributed by atoms with Crippen LogP contribution in [0.5, 0.6) is 0 Å². The summed E-state index contributed by atoms with van der Waals surface area (Å²) in [5.41, 5.74) is 0. The summed E-state index contributed by atoms with van der Waals surface area (Å²) in [5.74, 6) is 0.894. The zero-order valence-corrected chi connectivity index (χ0v) is 18.1. The maximum absolute atomic E-state index is 12.7. The number of hydrogen-bond acceptors (Lipinski definition) is 3. The first-order chi connectivity index (χ1) is 14.1. The molecular formula is C25H38FNO2. The second kappa shape index (κ2) is 13.6. The Balaban J connectivity index is 1.58. The summed E-state index contributed by atoms with van der Waals surface area (Å²) in [6.45, 7) is 2.25. The molecule has 0 heterocycles. The van der Waals surface area contributed by atoms with E-state index in [-0.39, 0.29) is 18.0 Å². The lowest BCUT2D eigenvalue weighted by molar-refractivity contribution is -0.157. The van der Waals surface area contributed by atoms with Crippen molar-refractivity contribution < 1.29 is 13.9 Å². The first-order valence-corrected chi connectivity index (χ1v) is 11.7. The summed E-state index contributed by atoms with van der Waals surface area (Å²) in [6, 6.07) is 1.46. The molecule has 0 amide bonds. The third-order valence-corrected chi connectivity index (χ3v) is 6.70. The first-order valence-electron chi connectivity index (χ1n) is 11.7. The topological polar surface area (TPSA) is 50.1 Å². The van der Waals surface area contributed by atoms with Crippen LogP contribution in [0.1, 0.15) is 96.8 Å². The van der Waals surface area contributed by atoms with Crippen LogP contribution in [0.2, 0.25) is 0 Å². The van der Waals surface area contributed by atoms with Gasteiger partial charge in [0.1, 0.15) is 12.2 Å². The van der Waals surface area contributed by atoms with E-state index in [2.05, 4.69) is 6.92 Å². The molecule has 0 unspecified atom stereocenters. The monoisotopic (exact) mass is 403 g/mol. The van der Waals surface area contributed by atoms with Gasteiger partial charge in [0, 0.05) is 0 Å². The zero-order valence-electron chi connectivity index (χ0n) is 18.1. The summed E-state index contributed by atoms with van der Waals surface area (Å²) in [4.78, 5) is 12.5. The molecule has 0 aliphatic heterocycles. The highest BCUT2D eigenvalue weighted by molar-refractivity contribution is 5.72. The fraction of sp³-hybridized carbons (Fsp3) is 0.760. The smallest absolute Gasteiger partial charge is 0.309 e. The molecule has 4 heteroatoms. The van der Waals surface area contributed by atoms with Gasteiger partial charge in [0.2, 0.25) is 0 Å². The summed E-state index contributed by atoms with van der Waals surface area (Å²) in [5, 5.41) is 8.35. The highest BCUT2D eigenvalue weighted by Gasteiger charge is 2.30. The van der Waals surface area contributed by atoms with Crippen LogP contribution in [0.25, 0.3) is 0 Å². The maximum Gasteiger partial charge on any atom is 0.309 e. The van der Waals surface area contributed by atoms with E-state index in [4.69, 9.17) is 10.00 Å². The molecule has 2 aliphatic carbocycles. The lowest BCUT2D eigenvalue weighted by Gasteiger charge is -2.31. The molecule has 0 spiro atoms. The lowest BCUT2D eigenvalue weighted by Crippen LogP contribution is -2.30. The van der Waals surface area contributed by atoms with Crippen molar-refractivity contribution in [3.63, 3.8) is 0 Å². The standard InChI is InChI=1S/C25H38FNO2/c1-2-3-5-8-20-11-15-22(16-12-20)25(28)29-24-17-13-21(14-18-24)9-6-4-7-10-23(26)19-27/h4,7,10,20-22,24H,2-3,5-6,8-9,11-18H2,1H3/b7-4+,23-10?/t20-,21?,22-,24?. The molecule has 2 rings (SSSR count). The van der Waals surface area contributed by atoms with Crippen LogP contribution in [-0.2, 0) is 9.53 Å². The molecule has 0 aromatic rings. The molecule has 0 aromatic heterocycles. The molecule has 0 atom stereocenters. The number of carbonyl (C=O) groups is 1. The van der Waals surface area contributed by atoms with Crippen LogP contribution < -0.4 is 0 Å². The normalized spacial score (nSPS) is 28.2. The van der Waals surface area contributed by atoms with Gasteiger partial charge in [-0.15, -0.1) is 0 Å². The van der Waals surface area contributed by atoms with Crippen LogP contribution in [0.15, 0.2) is 24.1 Å². The predicted octanol–water partition coefficient (Wildman–Crippen LogP) is 7.19. The number of rotatable bonds is 10.